The predicted octanol–water partition coefficient (Wildman–Crippen LogP) is 2.71. The lowest BCUT2D eigenvalue weighted by Gasteiger charge is -2.41. The highest BCUT2D eigenvalue weighted by atomic mass is 28.4. The number of carbonyl (C=O) groups excluding carboxylic acids is 2. The van der Waals surface area contributed by atoms with Crippen molar-refractivity contribution in [1.29, 1.82) is 0 Å². The van der Waals surface area contributed by atoms with E-state index < -0.39 is 14.4 Å². The van der Waals surface area contributed by atoms with Gasteiger partial charge in [-0.25, -0.2) is 0 Å². The smallest absolute Gasteiger partial charge is 0.257 e. The summed E-state index contributed by atoms with van der Waals surface area (Å²) in [6, 6.07) is 0. The van der Waals surface area contributed by atoms with E-state index in [9.17, 15) is 9.59 Å². The van der Waals surface area contributed by atoms with Gasteiger partial charge in [-0.2, -0.15) is 0 Å². The first-order chi connectivity index (χ1) is 8.60. The molecule has 0 aromatic rings. The molecule has 0 aliphatic carbocycles. The van der Waals surface area contributed by atoms with Gasteiger partial charge in [0.15, 0.2) is 8.32 Å². The summed E-state index contributed by atoms with van der Waals surface area (Å²) in [5.74, 6) is -0.332. The minimum atomic E-state index is -1.99. The van der Waals surface area contributed by atoms with Crippen molar-refractivity contribution in [2.24, 2.45) is 0 Å². The molecule has 4 nitrogen and oxygen atoms in total. The molecule has 2 amide bonds. The third-order valence-corrected chi connectivity index (χ3v) is 8.50. The fourth-order valence-corrected chi connectivity index (χ4v) is 3.06. The van der Waals surface area contributed by atoms with Gasteiger partial charge in [-0.15, -0.1) is 6.58 Å². The summed E-state index contributed by atoms with van der Waals surface area (Å²) in [4.78, 5) is 25.3. The second-order valence-electron chi connectivity index (χ2n) is 6.54. The molecule has 5 heteroatoms. The topological polar surface area (TPSA) is 46.6 Å². The van der Waals surface area contributed by atoms with Crippen LogP contribution in [0.5, 0.6) is 0 Å². The van der Waals surface area contributed by atoms with Crippen LogP contribution in [0.25, 0.3) is 0 Å². The van der Waals surface area contributed by atoms with Crippen molar-refractivity contribution < 1.29 is 14.0 Å². The average Bonchev–Trinajstić information content (AvgIpc) is 2.26. The van der Waals surface area contributed by atoms with Crippen LogP contribution in [0.1, 0.15) is 33.6 Å². The Kier molecular flexibility index (Phi) is 4.74. The Morgan fingerprint density at radius 3 is 2.47 bits per heavy atom. The van der Waals surface area contributed by atoms with Crippen LogP contribution < -0.4 is 0 Å². The molecule has 0 N–H and O–H groups in total. The maximum absolute atomic E-state index is 12.3. The maximum atomic E-state index is 12.3. The van der Waals surface area contributed by atoms with Gasteiger partial charge in [0.25, 0.3) is 5.91 Å². The molecular weight excluding hydrogens is 258 g/mol. The zero-order chi connectivity index (χ0) is 14.8. The molecule has 0 saturated carbocycles. The lowest BCUT2D eigenvalue weighted by molar-refractivity contribution is -0.154. The fourth-order valence-electron chi connectivity index (χ4n) is 1.77. The van der Waals surface area contributed by atoms with Crippen molar-refractivity contribution in [1.82, 2.24) is 4.90 Å². The van der Waals surface area contributed by atoms with E-state index in [0.29, 0.717) is 12.8 Å². The van der Waals surface area contributed by atoms with Crippen LogP contribution in [0.2, 0.25) is 18.1 Å². The van der Waals surface area contributed by atoms with Crippen LogP contribution in [0.15, 0.2) is 12.7 Å². The molecule has 1 atom stereocenters. The standard InChI is InChI=1S/C14H25NO3Si/c1-7-10-15-12(16)9-8-11(13(15)17)18-19(5,6)14(2,3)4/h7,11H,1,8-10H2,2-6H3/t11-/m1/s1. The van der Waals surface area contributed by atoms with Crippen LogP contribution >= 0.6 is 0 Å². The number of likely N-dealkylation sites (tertiary alicyclic amines) is 1. The van der Waals surface area contributed by atoms with Crippen molar-refractivity contribution in [2.45, 2.75) is 57.8 Å². The van der Waals surface area contributed by atoms with Crippen LogP contribution in [0.4, 0.5) is 0 Å². The molecule has 19 heavy (non-hydrogen) atoms. The molecule has 0 bridgehead atoms. The number of hydrogen-bond donors (Lipinski definition) is 0. The Labute approximate surface area is 116 Å². The quantitative estimate of drug-likeness (QED) is 0.453. The van der Waals surface area contributed by atoms with Gasteiger partial charge in [-0.1, -0.05) is 26.8 Å². The Hall–Kier alpha value is -0.943. The third-order valence-electron chi connectivity index (χ3n) is 4.02. The lowest BCUT2D eigenvalue weighted by atomic mass is 10.1. The number of hydrogen-bond acceptors (Lipinski definition) is 3. The van der Waals surface area contributed by atoms with Crippen LogP contribution in [0, 0.1) is 0 Å². The van der Waals surface area contributed by atoms with Gasteiger partial charge in [-0.05, 0) is 24.6 Å². The van der Waals surface area contributed by atoms with E-state index in [4.69, 9.17) is 4.43 Å². The van der Waals surface area contributed by atoms with E-state index in [1.165, 1.54) is 4.90 Å². The van der Waals surface area contributed by atoms with Crippen molar-refractivity contribution in [2.75, 3.05) is 6.54 Å². The number of carbonyl (C=O) groups is 2. The highest BCUT2D eigenvalue weighted by Gasteiger charge is 2.43. The Bertz CT molecular complexity index is 385. The molecule has 1 heterocycles. The largest absolute Gasteiger partial charge is 0.405 e. The molecule has 0 radical (unpaired) electrons. The molecule has 1 saturated heterocycles. The van der Waals surface area contributed by atoms with Crippen molar-refractivity contribution in [3.05, 3.63) is 12.7 Å². The van der Waals surface area contributed by atoms with Crippen LogP contribution in [-0.2, 0) is 14.0 Å². The molecule has 0 aromatic heterocycles. The first-order valence-corrected chi connectivity index (χ1v) is 9.64. The van der Waals surface area contributed by atoms with E-state index in [1.54, 1.807) is 6.08 Å². The van der Waals surface area contributed by atoms with Gasteiger partial charge in [-0.3, -0.25) is 14.5 Å². The number of imide groups is 1. The van der Waals surface area contributed by atoms with Gasteiger partial charge >= 0.3 is 0 Å². The number of nitrogens with zero attached hydrogens (tertiary/aromatic N) is 1. The summed E-state index contributed by atoms with van der Waals surface area (Å²) in [5, 5.41) is 0.0536. The number of amides is 2. The first-order valence-electron chi connectivity index (χ1n) is 6.73. The van der Waals surface area contributed by atoms with Gasteiger partial charge in [0.05, 0.1) is 0 Å². The Morgan fingerprint density at radius 1 is 1.42 bits per heavy atom. The zero-order valence-electron chi connectivity index (χ0n) is 12.7. The molecule has 1 fully saturated rings. The van der Waals surface area contributed by atoms with Crippen LogP contribution in [-0.4, -0.2) is 37.7 Å². The summed E-state index contributed by atoms with van der Waals surface area (Å²) >= 11 is 0. The maximum Gasteiger partial charge on any atom is 0.257 e. The normalized spacial score (nSPS) is 21.7. The predicted molar refractivity (Wildman–Crippen MR) is 78.2 cm³/mol. The zero-order valence-corrected chi connectivity index (χ0v) is 13.7. The summed E-state index contributed by atoms with van der Waals surface area (Å²) in [6.45, 7) is 14.5. The monoisotopic (exact) mass is 283 g/mol. The average molecular weight is 283 g/mol. The minimum Gasteiger partial charge on any atom is -0.405 e. The van der Waals surface area contributed by atoms with E-state index >= 15 is 0 Å². The summed E-state index contributed by atoms with van der Waals surface area (Å²) in [6.07, 6.45) is 1.97. The van der Waals surface area contributed by atoms with E-state index in [2.05, 4.69) is 40.4 Å². The van der Waals surface area contributed by atoms with Gasteiger partial charge in [0.1, 0.15) is 6.10 Å². The SMILES string of the molecule is C=CCN1C(=O)CC[C@@H](O[Si](C)(C)C(C)(C)C)C1=O. The van der Waals surface area contributed by atoms with Crippen molar-refractivity contribution >= 4 is 20.1 Å². The molecule has 1 aliphatic rings. The molecule has 0 spiro atoms. The molecule has 0 unspecified atom stereocenters. The lowest BCUT2D eigenvalue weighted by Crippen LogP contribution is -2.53. The Morgan fingerprint density at radius 2 is 2.00 bits per heavy atom. The minimum absolute atomic E-state index is 0.0536. The summed E-state index contributed by atoms with van der Waals surface area (Å²) in [7, 11) is -1.99. The highest BCUT2D eigenvalue weighted by molar-refractivity contribution is 6.74. The summed E-state index contributed by atoms with van der Waals surface area (Å²) < 4.78 is 6.14. The number of piperidine rings is 1. The second kappa shape index (κ2) is 5.59. The van der Waals surface area contributed by atoms with E-state index in [1.807, 2.05) is 0 Å². The van der Waals surface area contributed by atoms with Gasteiger partial charge in [0, 0.05) is 13.0 Å². The van der Waals surface area contributed by atoms with E-state index in [0.717, 1.165) is 0 Å². The molecular formula is C14H25NO3Si. The second-order valence-corrected chi connectivity index (χ2v) is 11.3. The number of rotatable bonds is 4. The molecule has 108 valence electrons. The molecule has 1 aliphatic heterocycles. The molecule has 1 rings (SSSR count). The van der Waals surface area contributed by atoms with Gasteiger partial charge < -0.3 is 4.43 Å². The van der Waals surface area contributed by atoms with Crippen molar-refractivity contribution in [3.8, 4) is 0 Å². The third kappa shape index (κ3) is 3.54. The van der Waals surface area contributed by atoms with Crippen molar-refractivity contribution in [3.63, 3.8) is 0 Å². The fraction of sp³-hybridized carbons (Fsp3) is 0.714. The van der Waals surface area contributed by atoms with E-state index in [-0.39, 0.29) is 23.4 Å². The highest BCUT2D eigenvalue weighted by Crippen LogP contribution is 2.38. The van der Waals surface area contributed by atoms with Crippen LogP contribution in [0.3, 0.4) is 0 Å². The summed E-state index contributed by atoms with van der Waals surface area (Å²) in [5.41, 5.74) is 0. The Balaban J connectivity index is 2.83. The molecule has 0 aromatic carbocycles. The van der Waals surface area contributed by atoms with Gasteiger partial charge in [0.2, 0.25) is 5.91 Å². The first kappa shape index (κ1) is 16.1.